The van der Waals surface area contributed by atoms with Crippen LogP contribution < -0.4 is 4.74 Å². The number of pyridine rings is 1. The molecule has 0 spiro atoms. The highest BCUT2D eigenvalue weighted by atomic mass is 79.9. The topological polar surface area (TPSA) is 65.3 Å². The van der Waals surface area contributed by atoms with Gasteiger partial charge in [-0.15, -0.1) is 0 Å². The second-order valence-electron chi connectivity index (χ2n) is 3.26. The average Bonchev–Trinajstić information content (AvgIpc) is 2.31. The number of nitrogens with zero attached hydrogens (tertiary/aromatic N) is 2. The van der Waals surface area contributed by atoms with E-state index in [0.717, 1.165) is 6.07 Å². The van der Waals surface area contributed by atoms with E-state index in [1.165, 1.54) is 24.4 Å². The maximum absolute atomic E-state index is 12.9. The van der Waals surface area contributed by atoms with E-state index in [0.29, 0.717) is 4.47 Å². The summed E-state index contributed by atoms with van der Waals surface area (Å²) in [5.74, 6) is -0.562. The van der Waals surface area contributed by atoms with Gasteiger partial charge in [-0.05, 0) is 28.1 Å². The molecule has 1 heterocycles. The molecule has 7 heteroatoms. The van der Waals surface area contributed by atoms with E-state index >= 15 is 0 Å². The standard InChI is InChI=1S/C11H6BrFN2O3/c12-8-2-1-3-9(15(16)17)11(8)18-7-4-5-14-10(13)6-7/h1-6H. The molecule has 0 aliphatic heterocycles. The number of halogens is 2. The van der Waals surface area contributed by atoms with E-state index in [1.807, 2.05) is 0 Å². The molecule has 1 aromatic heterocycles. The summed E-state index contributed by atoms with van der Waals surface area (Å²) in [6, 6.07) is 6.87. The summed E-state index contributed by atoms with van der Waals surface area (Å²) in [5, 5.41) is 10.8. The molecular weight excluding hydrogens is 307 g/mol. The fraction of sp³-hybridized carbons (Fsp3) is 0. The molecule has 18 heavy (non-hydrogen) atoms. The minimum atomic E-state index is -0.720. The Kier molecular flexibility index (Phi) is 3.52. The van der Waals surface area contributed by atoms with Crippen LogP contribution in [0.2, 0.25) is 0 Å². The first-order chi connectivity index (χ1) is 8.58. The number of rotatable bonds is 3. The predicted molar refractivity (Wildman–Crippen MR) is 65.1 cm³/mol. The van der Waals surface area contributed by atoms with Crippen molar-refractivity contribution in [1.29, 1.82) is 0 Å². The summed E-state index contributed by atoms with van der Waals surface area (Å²) in [5.41, 5.74) is -0.207. The highest BCUT2D eigenvalue weighted by Crippen LogP contribution is 2.37. The molecule has 0 radical (unpaired) electrons. The zero-order valence-electron chi connectivity index (χ0n) is 8.84. The van der Waals surface area contributed by atoms with Crippen molar-refractivity contribution in [2.24, 2.45) is 0 Å². The molecule has 0 saturated carbocycles. The molecule has 0 aliphatic rings. The summed E-state index contributed by atoms with van der Waals surface area (Å²) in [7, 11) is 0. The number of para-hydroxylation sites is 1. The maximum atomic E-state index is 12.9. The summed E-state index contributed by atoms with van der Waals surface area (Å²) in [6.07, 6.45) is 1.22. The number of aromatic nitrogens is 1. The highest BCUT2D eigenvalue weighted by Gasteiger charge is 2.18. The Morgan fingerprint density at radius 3 is 2.83 bits per heavy atom. The fourth-order valence-electron chi connectivity index (χ4n) is 1.31. The van der Waals surface area contributed by atoms with E-state index in [1.54, 1.807) is 6.07 Å². The van der Waals surface area contributed by atoms with Crippen molar-refractivity contribution in [3.05, 3.63) is 57.1 Å². The summed E-state index contributed by atoms with van der Waals surface area (Å²) < 4.78 is 18.6. The summed E-state index contributed by atoms with van der Waals surface area (Å²) >= 11 is 3.15. The van der Waals surface area contributed by atoms with Gasteiger partial charge in [0.05, 0.1) is 9.40 Å². The third kappa shape index (κ3) is 2.62. The third-order valence-corrected chi connectivity index (χ3v) is 2.69. The lowest BCUT2D eigenvalue weighted by molar-refractivity contribution is -0.385. The first-order valence-corrected chi connectivity index (χ1v) is 5.59. The van der Waals surface area contributed by atoms with Crippen molar-refractivity contribution in [1.82, 2.24) is 4.98 Å². The van der Waals surface area contributed by atoms with Gasteiger partial charge in [-0.25, -0.2) is 4.98 Å². The Balaban J connectivity index is 2.42. The van der Waals surface area contributed by atoms with Crippen LogP contribution >= 0.6 is 15.9 Å². The first-order valence-electron chi connectivity index (χ1n) is 4.80. The van der Waals surface area contributed by atoms with Crippen LogP contribution in [0, 0.1) is 16.1 Å². The van der Waals surface area contributed by atoms with E-state index in [-0.39, 0.29) is 17.2 Å². The van der Waals surface area contributed by atoms with Gasteiger partial charge in [-0.2, -0.15) is 4.39 Å². The molecule has 1 aromatic carbocycles. The van der Waals surface area contributed by atoms with Crippen molar-refractivity contribution < 1.29 is 14.1 Å². The predicted octanol–water partition coefficient (Wildman–Crippen LogP) is 3.68. The molecule has 2 rings (SSSR count). The molecule has 0 fully saturated rings. The summed E-state index contributed by atoms with van der Waals surface area (Å²) in [4.78, 5) is 13.6. The van der Waals surface area contributed by atoms with Gasteiger partial charge in [0, 0.05) is 18.3 Å². The van der Waals surface area contributed by atoms with E-state index in [9.17, 15) is 14.5 Å². The molecule has 0 aliphatic carbocycles. The Morgan fingerprint density at radius 2 is 2.17 bits per heavy atom. The second kappa shape index (κ2) is 5.09. The Hall–Kier alpha value is -2.02. The smallest absolute Gasteiger partial charge is 0.312 e. The van der Waals surface area contributed by atoms with E-state index < -0.39 is 10.9 Å². The number of benzene rings is 1. The minimum absolute atomic E-state index is 0.0214. The van der Waals surface area contributed by atoms with Crippen LogP contribution in [-0.4, -0.2) is 9.91 Å². The Bertz CT molecular complexity index is 607. The molecule has 0 amide bonds. The maximum Gasteiger partial charge on any atom is 0.312 e. The Morgan fingerprint density at radius 1 is 1.39 bits per heavy atom. The SMILES string of the molecule is O=[N+]([O-])c1cccc(Br)c1Oc1ccnc(F)c1. The normalized spacial score (nSPS) is 10.1. The number of hydrogen-bond acceptors (Lipinski definition) is 4. The number of nitro benzene ring substituents is 1. The monoisotopic (exact) mass is 312 g/mol. The molecule has 92 valence electrons. The van der Waals surface area contributed by atoms with Crippen LogP contribution in [0.25, 0.3) is 0 Å². The lowest BCUT2D eigenvalue weighted by Gasteiger charge is -2.07. The third-order valence-electron chi connectivity index (χ3n) is 2.06. The van der Waals surface area contributed by atoms with Crippen LogP contribution in [0.1, 0.15) is 0 Å². The second-order valence-corrected chi connectivity index (χ2v) is 4.12. The van der Waals surface area contributed by atoms with Crippen molar-refractivity contribution in [3.8, 4) is 11.5 Å². The van der Waals surface area contributed by atoms with Gasteiger partial charge in [0.2, 0.25) is 11.7 Å². The lowest BCUT2D eigenvalue weighted by Crippen LogP contribution is -1.95. The molecule has 0 bridgehead atoms. The number of hydrogen-bond donors (Lipinski definition) is 0. The van der Waals surface area contributed by atoms with Gasteiger partial charge >= 0.3 is 5.69 Å². The molecule has 2 aromatic rings. The van der Waals surface area contributed by atoms with Gasteiger partial charge in [0.1, 0.15) is 5.75 Å². The molecule has 0 atom stereocenters. The number of ether oxygens (including phenoxy) is 1. The zero-order valence-corrected chi connectivity index (χ0v) is 10.4. The number of nitro groups is 1. The van der Waals surface area contributed by atoms with Gasteiger partial charge < -0.3 is 4.74 Å². The van der Waals surface area contributed by atoms with Gasteiger partial charge in [-0.1, -0.05) is 6.07 Å². The largest absolute Gasteiger partial charge is 0.449 e. The average molecular weight is 313 g/mol. The van der Waals surface area contributed by atoms with Crippen molar-refractivity contribution >= 4 is 21.6 Å². The zero-order chi connectivity index (χ0) is 13.1. The van der Waals surface area contributed by atoms with Crippen LogP contribution in [0.15, 0.2) is 41.0 Å². The molecule has 0 unspecified atom stereocenters. The Labute approximate surface area is 110 Å². The van der Waals surface area contributed by atoms with E-state index in [2.05, 4.69) is 20.9 Å². The van der Waals surface area contributed by atoms with Gasteiger partial charge in [0.25, 0.3) is 0 Å². The van der Waals surface area contributed by atoms with Crippen molar-refractivity contribution in [3.63, 3.8) is 0 Å². The van der Waals surface area contributed by atoms with Crippen LogP contribution in [0.4, 0.5) is 10.1 Å². The van der Waals surface area contributed by atoms with Crippen LogP contribution in [0.3, 0.4) is 0 Å². The van der Waals surface area contributed by atoms with Crippen LogP contribution in [0.5, 0.6) is 11.5 Å². The molecule has 0 N–H and O–H groups in total. The van der Waals surface area contributed by atoms with Gasteiger partial charge in [0.15, 0.2) is 0 Å². The quantitative estimate of drug-likeness (QED) is 0.492. The molecular formula is C11H6BrFN2O3. The van der Waals surface area contributed by atoms with Crippen molar-refractivity contribution in [2.45, 2.75) is 0 Å². The molecule has 5 nitrogen and oxygen atoms in total. The fourth-order valence-corrected chi connectivity index (χ4v) is 1.74. The summed E-state index contributed by atoms with van der Waals surface area (Å²) in [6.45, 7) is 0. The van der Waals surface area contributed by atoms with Gasteiger partial charge in [-0.3, -0.25) is 10.1 Å². The highest BCUT2D eigenvalue weighted by molar-refractivity contribution is 9.10. The lowest BCUT2D eigenvalue weighted by atomic mass is 10.3. The molecule has 0 saturated heterocycles. The minimum Gasteiger partial charge on any atom is -0.449 e. The van der Waals surface area contributed by atoms with Crippen LogP contribution in [-0.2, 0) is 0 Å². The first kappa shape index (κ1) is 12.4. The van der Waals surface area contributed by atoms with Crippen molar-refractivity contribution in [2.75, 3.05) is 0 Å². The van der Waals surface area contributed by atoms with E-state index in [4.69, 9.17) is 4.74 Å².